The van der Waals surface area contributed by atoms with Gasteiger partial charge in [0.2, 0.25) is 5.91 Å². The summed E-state index contributed by atoms with van der Waals surface area (Å²) in [6.07, 6.45) is 1.69. The molecule has 0 aliphatic heterocycles. The van der Waals surface area contributed by atoms with Crippen LogP contribution in [0, 0.1) is 5.41 Å². The normalized spacial score (nSPS) is 13.5. The SMILES string of the molecule is C/C=C(/C)C(=O)NC(C)(C)C(C)(C)C(=O)O. The zero-order valence-corrected chi connectivity index (χ0v) is 10.8. The fraction of sp³-hybridized carbons (Fsp3) is 0.667. The third kappa shape index (κ3) is 2.84. The molecule has 4 nitrogen and oxygen atoms in total. The number of carbonyl (C=O) groups is 2. The minimum atomic E-state index is -1.03. The molecule has 16 heavy (non-hydrogen) atoms. The summed E-state index contributed by atoms with van der Waals surface area (Å²) in [6.45, 7) is 10.1. The van der Waals surface area contributed by atoms with Gasteiger partial charge in [-0.25, -0.2) is 0 Å². The van der Waals surface area contributed by atoms with E-state index < -0.39 is 16.9 Å². The predicted octanol–water partition coefficient (Wildman–Crippen LogP) is 1.96. The summed E-state index contributed by atoms with van der Waals surface area (Å²) < 4.78 is 0. The number of carbonyl (C=O) groups excluding carboxylic acids is 1. The van der Waals surface area contributed by atoms with E-state index in [0.29, 0.717) is 5.57 Å². The van der Waals surface area contributed by atoms with Crippen LogP contribution < -0.4 is 5.32 Å². The van der Waals surface area contributed by atoms with Crippen LogP contribution in [0.25, 0.3) is 0 Å². The molecule has 0 fully saturated rings. The van der Waals surface area contributed by atoms with E-state index in [4.69, 9.17) is 5.11 Å². The number of hydrogen-bond acceptors (Lipinski definition) is 2. The van der Waals surface area contributed by atoms with Gasteiger partial charge in [0.15, 0.2) is 0 Å². The summed E-state index contributed by atoms with van der Waals surface area (Å²) in [6, 6.07) is 0. The summed E-state index contributed by atoms with van der Waals surface area (Å²) in [4.78, 5) is 22.8. The molecule has 0 spiro atoms. The molecule has 1 amide bonds. The van der Waals surface area contributed by atoms with Crippen molar-refractivity contribution in [3.8, 4) is 0 Å². The first-order valence-corrected chi connectivity index (χ1v) is 5.25. The first-order valence-electron chi connectivity index (χ1n) is 5.25. The Balaban J connectivity index is 4.97. The van der Waals surface area contributed by atoms with Gasteiger partial charge in [-0.2, -0.15) is 0 Å². The Morgan fingerprint density at radius 1 is 1.19 bits per heavy atom. The number of aliphatic carboxylic acids is 1. The maximum Gasteiger partial charge on any atom is 0.311 e. The number of carboxylic acid groups (broad SMARTS) is 1. The van der Waals surface area contributed by atoms with E-state index in [0.717, 1.165) is 0 Å². The fourth-order valence-electron chi connectivity index (χ4n) is 0.937. The van der Waals surface area contributed by atoms with Crippen LogP contribution >= 0.6 is 0 Å². The van der Waals surface area contributed by atoms with Crippen molar-refractivity contribution in [1.82, 2.24) is 5.32 Å². The van der Waals surface area contributed by atoms with Crippen molar-refractivity contribution in [2.75, 3.05) is 0 Å². The maximum atomic E-state index is 11.7. The van der Waals surface area contributed by atoms with Crippen LogP contribution in [-0.4, -0.2) is 22.5 Å². The molecule has 0 aliphatic carbocycles. The number of nitrogens with one attached hydrogen (secondary N) is 1. The Kier molecular flexibility index (Phi) is 4.29. The Hall–Kier alpha value is -1.32. The average molecular weight is 227 g/mol. The fourth-order valence-corrected chi connectivity index (χ4v) is 0.937. The van der Waals surface area contributed by atoms with Gasteiger partial charge < -0.3 is 10.4 Å². The minimum absolute atomic E-state index is 0.234. The largest absolute Gasteiger partial charge is 0.481 e. The average Bonchev–Trinajstić information content (AvgIpc) is 2.15. The van der Waals surface area contributed by atoms with Gasteiger partial charge in [-0.1, -0.05) is 6.08 Å². The van der Waals surface area contributed by atoms with Crippen molar-refractivity contribution in [2.45, 2.75) is 47.1 Å². The summed E-state index contributed by atoms with van der Waals surface area (Å²) in [7, 11) is 0. The number of allylic oxidation sites excluding steroid dienone is 1. The van der Waals surface area contributed by atoms with Crippen LogP contribution in [-0.2, 0) is 9.59 Å². The Bertz CT molecular complexity index is 327. The summed E-state index contributed by atoms with van der Waals surface area (Å²) >= 11 is 0. The molecule has 0 radical (unpaired) electrons. The molecule has 0 aliphatic rings. The van der Waals surface area contributed by atoms with Crippen molar-refractivity contribution in [1.29, 1.82) is 0 Å². The van der Waals surface area contributed by atoms with Crippen molar-refractivity contribution in [3.63, 3.8) is 0 Å². The van der Waals surface area contributed by atoms with Gasteiger partial charge >= 0.3 is 5.97 Å². The number of rotatable bonds is 4. The Labute approximate surface area is 96.7 Å². The highest BCUT2D eigenvalue weighted by atomic mass is 16.4. The molecular formula is C12H21NO3. The number of carboxylic acids is 1. The van der Waals surface area contributed by atoms with Crippen LogP contribution in [0.3, 0.4) is 0 Å². The van der Waals surface area contributed by atoms with Gasteiger partial charge in [0, 0.05) is 5.57 Å². The van der Waals surface area contributed by atoms with Crippen molar-refractivity contribution < 1.29 is 14.7 Å². The van der Waals surface area contributed by atoms with Gasteiger partial charge in [-0.15, -0.1) is 0 Å². The maximum absolute atomic E-state index is 11.7. The van der Waals surface area contributed by atoms with Crippen LogP contribution in [0.5, 0.6) is 0 Å². The standard InChI is InChI=1S/C12H21NO3/c1-7-8(2)9(14)13-12(5,6)11(3,4)10(15)16/h7H,1-6H3,(H,13,14)(H,15,16)/b8-7-. The van der Waals surface area contributed by atoms with Gasteiger partial charge in [-0.05, 0) is 41.5 Å². The second kappa shape index (κ2) is 4.68. The zero-order valence-electron chi connectivity index (χ0n) is 10.8. The molecule has 92 valence electrons. The van der Waals surface area contributed by atoms with Crippen molar-refractivity contribution in [2.24, 2.45) is 5.41 Å². The molecule has 0 atom stereocenters. The summed E-state index contributed by atoms with van der Waals surface area (Å²) in [5.41, 5.74) is -1.27. The Morgan fingerprint density at radius 3 is 1.94 bits per heavy atom. The summed E-state index contributed by atoms with van der Waals surface area (Å²) in [5, 5.41) is 11.9. The molecule has 2 N–H and O–H groups in total. The van der Waals surface area contributed by atoms with Crippen LogP contribution in [0.4, 0.5) is 0 Å². The lowest BCUT2D eigenvalue weighted by molar-refractivity contribution is -0.151. The van der Waals surface area contributed by atoms with Crippen LogP contribution in [0.2, 0.25) is 0 Å². The van der Waals surface area contributed by atoms with Crippen LogP contribution in [0.1, 0.15) is 41.5 Å². The lowest BCUT2D eigenvalue weighted by Crippen LogP contribution is -2.57. The second-order valence-electron chi connectivity index (χ2n) is 4.98. The smallest absolute Gasteiger partial charge is 0.311 e. The molecule has 0 saturated carbocycles. The molecule has 0 aromatic rings. The van der Waals surface area contributed by atoms with Gasteiger partial charge in [0.05, 0.1) is 11.0 Å². The summed E-state index contributed by atoms with van der Waals surface area (Å²) in [5.74, 6) is -1.17. The zero-order chi connectivity index (χ0) is 13.1. The van der Waals surface area contributed by atoms with E-state index in [1.165, 1.54) is 0 Å². The highest BCUT2D eigenvalue weighted by molar-refractivity contribution is 5.93. The van der Waals surface area contributed by atoms with E-state index in [2.05, 4.69) is 5.32 Å². The van der Waals surface area contributed by atoms with Crippen molar-refractivity contribution in [3.05, 3.63) is 11.6 Å². The quantitative estimate of drug-likeness (QED) is 0.721. The van der Waals surface area contributed by atoms with E-state index in [1.807, 2.05) is 0 Å². The van der Waals surface area contributed by atoms with Crippen molar-refractivity contribution >= 4 is 11.9 Å². The first-order chi connectivity index (χ1) is 7.06. The molecule has 4 heteroatoms. The molecule has 0 heterocycles. The minimum Gasteiger partial charge on any atom is -0.481 e. The molecule has 0 rings (SSSR count). The molecule has 0 unspecified atom stereocenters. The van der Waals surface area contributed by atoms with E-state index in [1.54, 1.807) is 47.6 Å². The monoisotopic (exact) mass is 227 g/mol. The van der Waals surface area contributed by atoms with E-state index in [-0.39, 0.29) is 5.91 Å². The Morgan fingerprint density at radius 2 is 1.62 bits per heavy atom. The van der Waals surface area contributed by atoms with Gasteiger partial charge in [-0.3, -0.25) is 9.59 Å². The highest BCUT2D eigenvalue weighted by Gasteiger charge is 2.44. The van der Waals surface area contributed by atoms with E-state index >= 15 is 0 Å². The lowest BCUT2D eigenvalue weighted by Gasteiger charge is -2.38. The molecular weight excluding hydrogens is 206 g/mol. The molecule has 0 saturated heterocycles. The van der Waals surface area contributed by atoms with Gasteiger partial charge in [0.1, 0.15) is 0 Å². The molecule has 0 aromatic carbocycles. The second-order valence-corrected chi connectivity index (χ2v) is 4.98. The van der Waals surface area contributed by atoms with E-state index in [9.17, 15) is 9.59 Å². The highest BCUT2D eigenvalue weighted by Crippen LogP contribution is 2.30. The molecule has 0 aromatic heterocycles. The third-order valence-electron chi connectivity index (χ3n) is 3.31. The predicted molar refractivity (Wildman–Crippen MR) is 63.1 cm³/mol. The lowest BCUT2D eigenvalue weighted by atomic mass is 9.74. The van der Waals surface area contributed by atoms with Crippen LogP contribution in [0.15, 0.2) is 11.6 Å². The number of hydrogen-bond donors (Lipinski definition) is 2. The van der Waals surface area contributed by atoms with Gasteiger partial charge in [0.25, 0.3) is 0 Å². The third-order valence-corrected chi connectivity index (χ3v) is 3.31. The molecule has 0 bridgehead atoms. The first kappa shape index (κ1) is 14.7. The number of amides is 1. The topological polar surface area (TPSA) is 66.4 Å².